The van der Waals surface area contributed by atoms with E-state index in [4.69, 9.17) is 14.2 Å². The highest BCUT2D eigenvalue weighted by atomic mass is 16.5. The van der Waals surface area contributed by atoms with Crippen molar-refractivity contribution in [2.75, 3.05) is 53.1 Å². The van der Waals surface area contributed by atoms with Gasteiger partial charge in [0.05, 0.1) is 26.4 Å². The molecule has 2 aromatic rings. The van der Waals surface area contributed by atoms with Crippen LogP contribution < -0.4 is 9.47 Å². The minimum absolute atomic E-state index is 0.127. The van der Waals surface area contributed by atoms with E-state index in [2.05, 4.69) is 4.90 Å². The first-order valence-electron chi connectivity index (χ1n) is 15.5. The lowest BCUT2D eigenvalue weighted by Gasteiger charge is -2.39. The largest absolute Gasteiger partial charge is 0.504 e. The predicted molar refractivity (Wildman–Crippen MR) is 164 cm³/mol. The number of hydrogen-bond donors (Lipinski definition) is 2. The van der Waals surface area contributed by atoms with Gasteiger partial charge in [-0.15, -0.1) is 0 Å². The van der Waals surface area contributed by atoms with Crippen molar-refractivity contribution < 1.29 is 29.2 Å². The van der Waals surface area contributed by atoms with E-state index < -0.39 is 11.5 Å². The van der Waals surface area contributed by atoms with Crippen LogP contribution in [-0.4, -0.2) is 85.1 Å². The molecule has 232 valence electrons. The maximum Gasteiger partial charge on any atom is 0.222 e. The molecule has 0 saturated carbocycles. The van der Waals surface area contributed by atoms with E-state index in [-0.39, 0.29) is 11.7 Å². The van der Waals surface area contributed by atoms with E-state index in [0.717, 1.165) is 62.2 Å². The number of likely N-dealkylation sites (tertiary alicyclic amines) is 1. The SMILES string of the molecule is CCOc1cc(CN2CC[C@H]3CC(=O)N(CCc4ccc(OC)cc4)C[C@H](O)C(C)(C)COCCC[C@H]3C2)ccc1O. The zero-order valence-electron chi connectivity index (χ0n) is 25.9. The molecule has 0 spiro atoms. The highest BCUT2D eigenvalue weighted by molar-refractivity contribution is 5.76. The molecule has 8 nitrogen and oxygen atoms in total. The van der Waals surface area contributed by atoms with Crippen LogP contribution in [0.1, 0.15) is 57.6 Å². The fourth-order valence-corrected chi connectivity index (χ4v) is 6.14. The summed E-state index contributed by atoms with van der Waals surface area (Å²) in [6, 6.07) is 13.6. The highest BCUT2D eigenvalue weighted by Crippen LogP contribution is 2.34. The second-order valence-electron chi connectivity index (χ2n) is 12.6. The average Bonchev–Trinajstić information content (AvgIpc) is 2.98. The Labute approximate surface area is 251 Å². The van der Waals surface area contributed by atoms with E-state index in [1.165, 1.54) is 0 Å². The van der Waals surface area contributed by atoms with E-state index >= 15 is 0 Å². The number of phenols is 1. The van der Waals surface area contributed by atoms with E-state index in [1.807, 2.05) is 62.1 Å². The number of aliphatic hydroxyl groups excluding tert-OH is 1. The number of aliphatic hydroxyl groups is 1. The van der Waals surface area contributed by atoms with Gasteiger partial charge < -0.3 is 29.3 Å². The lowest BCUT2D eigenvalue weighted by atomic mass is 9.80. The summed E-state index contributed by atoms with van der Waals surface area (Å²) in [4.78, 5) is 18.2. The molecule has 8 heteroatoms. The highest BCUT2D eigenvalue weighted by Gasteiger charge is 2.35. The molecular formula is C34H50N2O6. The van der Waals surface area contributed by atoms with Crippen molar-refractivity contribution in [1.82, 2.24) is 9.80 Å². The minimum atomic E-state index is -0.678. The monoisotopic (exact) mass is 582 g/mol. The van der Waals surface area contributed by atoms with Gasteiger partial charge in [-0.05, 0) is 86.4 Å². The molecular weight excluding hydrogens is 532 g/mol. The van der Waals surface area contributed by atoms with Gasteiger partial charge in [-0.1, -0.05) is 32.0 Å². The predicted octanol–water partition coefficient (Wildman–Crippen LogP) is 4.90. The summed E-state index contributed by atoms with van der Waals surface area (Å²) in [5, 5.41) is 21.3. The summed E-state index contributed by atoms with van der Waals surface area (Å²) >= 11 is 0. The quantitative estimate of drug-likeness (QED) is 0.458. The number of rotatable bonds is 8. The van der Waals surface area contributed by atoms with Crippen LogP contribution in [0.3, 0.4) is 0 Å². The third-order valence-corrected chi connectivity index (χ3v) is 8.96. The molecule has 2 saturated heterocycles. The van der Waals surface area contributed by atoms with Gasteiger partial charge in [0.2, 0.25) is 5.91 Å². The van der Waals surface area contributed by atoms with Gasteiger partial charge in [0.15, 0.2) is 11.5 Å². The lowest BCUT2D eigenvalue weighted by molar-refractivity contribution is -0.136. The zero-order valence-corrected chi connectivity index (χ0v) is 25.9. The molecule has 42 heavy (non-hydrogen) atoms. The van der Waals surface area contributed by atoms with Crippen LogP contribution in [0.2, 0.25) is 0 Å². The lowest BCUT2D eigenvalue weighted by Crippen LogP contribution is -2.47. The van der Waals surface area contributed by atoms with Gasteiger partial charge in [-0.25, -0.2) is 0 Å². The summed E-state index contributed by atoms with van der Waals surface area (Å²) in [5.41, 5.74) is 1.79. The van der Waals surface area contributed by atoms with Gasteiger partial charge in [-0.2, -0.15) is 0 Å². The van der Waals surface area contributed by atoms with Crippen molar-refractivity contribution in [3.8, 4) is 17.2 Å². The first kappa shape index (κ1) is 32.1. The summed E-state index contributed by atoms with van der Waals surface area (Å²) in [6.07, 6.45) is 3.43. The van der Waals surface area contributed by atoms with E-state index in [1.54, 1.807) is 13.2 Å². The number of phenolic OH excluding ortho intramolecular Hbond substituents is 1. The number of methoxy groups -OCH3 is 1. The van der Waals surface area contributed by atoms with Crippen molar-refractivity contribution in [3.63, 3.8) is 0 Å². The fourth-order valence-electron chi connectivity index (χ4n) is 6.14. The Morgan fingerprint density at radius 2 is 1.81 bits per heavy atom. The average molecular weight is 583 g/mol. The standard InChI is InChI=1S/C34H50N2O6/c1-5-42-31-19-26(10-13-30(31)37)21-35-16-15-27-20-33(39)36(17-14-25-8-11-29(40-4)12-9-25)23-32(38)34(2,3)24-41-18-6-7-28(27)22-35/h8-13,19,27-28,32,37-38H,5-7,14-18,20-24H2,1-4H3/t27-,28-,32-/m0/s1. The topological polar surface area (TPSA) is 91.7 Å². The second kappa shape index (κ2) is 15.1. The molecule has 4 rings (SSSR count). The molecule has 0 radical (unpaired) electrons. The number of hydrogen-bond acceptors (Lipinski definition) is 7. The van der Waals surface area contributed by atoms with Gasteiger partial charge in [-0.3, -0.25) is 9.69 Å². The van der Waals surface area contributed by atoms with Crippen molar-refractivity contribution in [3.05, 3.63) is 53.6 Å². The molecule has 2 N–H and O–H groups in total. The summed E-state index contributed by atoms with van der Waals surface area (Å²) < 4.78 is 17.0. The normalized spacial score (nSPS) is 24.2. The molecule has 2 heterocycles. The van der Waals surface area contributed by atoms with Crippen LogP contribution >= 0.6 is 0 Å². The van der Waals surface area contributed by atoms with Gasteiger partial charge >= 0.3 is 0 Å². The third kappa shape index (κ3) is 8.85. The summed E-state index contributed by atoms with van der Waals surface area (Å²) in [7, 11) is 1.66. The van der Waals surface area contributed by atoms with Gasteiger partial charge in [0.25, 0.3) is 0 Å². The minimum Gasteiger partial charge on any atom is -0.504 e. The number of amides is 1. The molecule has 2 aliphatic rings. The van der Waals surface area contributed by atoms with Crippen LogP contribution in [0.5, 0.6) is 17.2 Å². The first-order valence-corrected chi connectivity index (χ1v) is 15.5. The van der Waals surface area contributed by atoms with Crippen LogP contribution in [0.4, 0.5) is 0 Å². The number of carbonyl (C=O) groups is 1. The van der Waals surface area contributed by atoms with Crippen LogP contribution in [0.15, 0.2) is 42.5 Å². The van der Waals surface area contributed by atoms with Crippen LogP contribution in [0.25, 0.3) is 0 Å². The molecule has 2 fully saturated rings. The number of nitrogens with zero attached hydrogens (tertiary/aromatic N) is 2. The van der Waals surface area contributed by atoms with Gasteiger partial charge in [0, 0.05) is 44.6 Å². The van der Waals surface area contributed by atoms with Crippen LogP contribution in [-0.2, 0) is 22.5 Å². The Hall–Kier alpha value is -2.81. The second-order valence-corrected chi connectivity index (χ2v) is 12.6. The number of ether oxygens (including phenoxy) is 3. The molecule has 0 unspecified atom stereocenters. The molecule has 0 aliphatic carbocycles. The third-order valence-electron chi connectivity index (χ3n) is 8.96. The maximum absolute atomic E-state index is 13.9. The Kier molecular flexibility index (Phi) is 11.5. The zero-order chi connectivity index (χ0) is 30.1. The number of aromatic hydroxyl groups is 1. The van der Waals surface area contributed by atoms with E-state index in [0.29, 0.717) is 56.9 Å². The number of fused-ring (bicyclic) bond motifs is 1. The van der Waals surface area contributed by atoms with E-state index in [9.17, 15) is 15.0 Å². The van der Waals surface area contributed by atoms with Crippen molar-refractivity contribution >= 4 is 5.91 Å². The first-order chi connectivity index (χ1) is 20.2. The Morgan fingerprint density at radius 1 is 1.05 bits per heavy atom. The number of benzene rings is 2. The fraction of sp³-hybridized carbons (Fsp3) is 0.618. The number of β-amino-alcohol motifs (C(OH)–C–C–N with tert-alkyl or cyclic N) is 1. The number of carbonyl (C=O) groups excluding carboxylic acids is 1. The van der Waals surface area contributed by atoms with Crippen molar-refractivity contribution in [1.29, 1.82) is 0 Å². The smallest absolute Gasteiger partial charge is 0.222 e. The van der Waals surface area contributed by atoms with Gasteiger partial charge in [0.1, 0.15) is 5.75 Å². The maximum atomic E-state index is 13.9. The molecule has 0 aromatic heterocycles. The van der Waals surface area contributed by atoms with Crippen molar-refractivity contribution in [2.45, 2.75) is 65.5 Å². The molecule has 2 aromatic carbocycles. The van der Waals surface area contributed by atoms with Crippen LogP contribution in [0, 0.1) is 17.3 Å². The molecule has 3 atom stereocenters. The van der Waals surface area contributed by atoms with Crippen molar-refractivity contribution in [2.24, 2.45) is 17.3 Å². The molecule has 2 aliphatic heterocycles. The Bertz CT molecular complexity index is 1140. The summed E-state index contributed by atoms with van der Waals surface area (Å²) in [6.45, 7) is 11.0. The Balaban J connectivity index is 1.46. The summed E-state index contributed by atoms with van der Waals surface area (Å²) in [5.74, 6) is 2.31. The number of piperidine rings is 1. The molecule has 1 amide bonds. The molecule has 0 bridgehead atoms. The Morgan fingerprint density at radius 3 is 2.55 bits per heavy atom.